The fourth-order valence-electron chi connectivity index (χ4n) is 1.52. The van der Waals surface area contributed by atoms with Crippen LogP contribution in [-0.2, 0) is 6.42 Å². The maximum absolute atomic E-state index is 10.7. The second-order valence-electron chi connectivity index (χ2n) is 3.79. The van der Waals surface area contributed by atoms with Gasteiger partial charge in [0.1, 0.15) is 5.00 Å². The number of rotatable bonds is 7. The molecule has 0 saturated heterocycles. The van der Waals surface area contributed by atoms with E-state index in [1.807, 2.05) is 0 Å². The van der Waals surface area contributed by atoms with Crippen molar-refractivity contribution in [1.82, 2.24) is 4.98 Å². The molecule has 0 unspecified atom stereocenters. The van der Waals surface area contributed by atoms with E-state index in [0.717, 1.165) is 17.8 Å². The van der Waals surface area contributed by atoms with Crippen LogP contribution in [0.4, 0.5) is 5.00 Å². The predicted molar refractivity (Wildman–Crippen MR) is 65.9 cm³/mol. The predicted octanol–water partition coefficient (Wildman–Crippen LogP) is 2.94. The first-order chi connectivity index (χ1) is 7.65. The Bertz CT molecular complexity index is 350. The summed E-state index contributed by atoms with van der Waals surface area (Å²) in [6, 6.07) is 0. The number of nitrogens with zero attached hydrogens (tertiary/aromatic N) is 1. The highest BCUT2D eigenvalue weighted by Gasteiger charge is 2.14. The Kier molecular flexibility index (Phi) is 5.25. The zero-order valence-electron chi connectivity index (χ0n) is 9.53. The van der Waals surface area contributed by atoms with Crippen molar-refractivity contribution in [3.63, 3.8) is 0 Å². The van der Waals surface area contributed by atoms with Crippen LogP contribution in [0, 0.1) is 0 Å². The zero-order chi connectivity index (χ0) is 12.0. The molecule has 1 aromatic heterocycles. The SMILES string of the molecule is CCCCCCCc1nc(C(=O)O)c(N)s1. The van der Waals surface area contributed by atoms with E-state index >= 15 is 0 Å². The second kappa shape index (κ2) is 6.48. The molecule has 4 nitrogen and oxygen atoms in total. The number of aromatic nitrogens is 1. The molecule has 0 saturated carbocycles. The average Bonchev–Trinajstić information content (AvgIpc) is 2.59. The zero-order valence-corrected chi connectivity index (χ0v) is 10.3. The smallest absolute Gasteiger partial charge is 0.357 e. The lowest BCUT2D eigenvalue weighted by atomic mass is 10.1. The van der Waals surface area contributed by atoms with Gasteiger partial charge in [-0.25, -0.2) is 9.78 Å². The number of aryl methyl sites for hydroxylation is 1. The molecule has 1 heterocycles. The lowest BCUT2D eigenvalue weighted by Crippen LogP contribution is -2.00. The molecule has 1 rings (SSSR count). The van der Waals surface area contributed by atoms with Crippen LogP contribution in [0.1, 0.15) is 54.5 Å². The van der Waals surface area contributed by atoms with E-state index in [1.165, 1.54) is 37.0 Å². The molecule has 0 amide bonds. The number of nitrogen functional groups attached to an aromatic ring is 1. The van der Waals surface area contributed by atoms with Crippen molar-refractivity contribution in [3.8, 4) is 0 Å². The van der Waals surface area contributed by atoms with Crippen molar-refractivity contribution in [1.29, 1.82) is 0 Å². The van der Waals surface area contributed by atoms with Crippen LogP contribution >= 0.6 is 11.3 Å². The third kappa shape index (κ3) is 3.81. The van der Waals surface area contributed by atoms with E-state index in [1.54, 1.807) is 0 Å². The summed E-state index contributed by atoms with van der Waals surface area (Å²) in [4.78, 5) is 14.7. The molecule has 0 spiro atoms. The monoisotopic (exact) mass is 242 g/mol. The largest absolute Gasteiger partial charge is 0.476 e. The number of nitrogens with two attached hydrogens (primary N) is 1. The Morgan fingerprint density at radius 1 is 1.38 bits per heavy atom. The summed E-state index contributed by atoms with van der Waals surface area (Å²) in [5, 5.41) is 9.94. The second-order valence-corrected chi connectivity index (χ2v) is 4.91. The molecule has 0 atom stereocenters. The Morgan fingerprint density at radius 3 is 2.62 bits per heavy atom. The van der Waals surface area contributed by atoms with Gasteiger partial charge in [0.25, 0.3) is 0 Å². The van der Waals surface area contributed by atoms with Crippen LogP contribution in [0.25, 0.3) is 0 Å². The standard InChI is InChI=1S/C11H18N2O2S/c1-2-3-4-5-6-7-8-13-9(11(14)15)10(12)16-8/h2-7,12H2,1H3,(H,14,15). The lowest BCUT2D eigenvalue weighted by molar-refractivity contribution is 0.0692. The highest BCUT2D eigenvalue weighted by Crippen LogP contribution is 2.22. The van der Waals surface area contributed by atoms with Gasteiger partial charge in [-0.05, 0) is 12.8 Å². The summed E-state index contributed by atoms with van der Waals surface area (Å²) in [6.45, 7) is 2.18. The minimum atomic E-state index is -1.04. The Morgan fingerprint density at radius 2 is 2.06 bits per heavy atom. The number of hydrogen-bond donors (Lipinski definition) is 2. The van der Waals surface area contributed by atoms with Crippen LogP contribution in [0.2, 0.25) is 0 Å². The maximum atomic E-state index is 10.7. The molecule has 0 aliphatic rings. The molecule has 0 aliphatic carbocycles. The topological polar surface area (TPSA) is 76.2 Å². The van der Waals surface area contributed by atoms with E-state index in [-0.39, 0.29) is 5.69 Å². The number of unbranched alkanes of at least 4 members (excludes halogenated alkanes) is 4. The minimum absolute atomic E-state index is 0.00792. The summed E-state index contributed by atoms with van der Waals surface area (Å²) in [7, 11) is 0. The number of carboxylic acid groups (broad SMARTS) is 1. The first kappa shape index (κ1) is 13.0. The molecule has 0 fully saturated rings. The highest BCUT2D eigenvalue weighted by atomic mass is 32.1. The van der Waals surface area contributed by atoms with Gasteiger partial charge in [-0.3, -0.25) is 0 Å². The first-order valence-electron chi connectivity index (χ1n) is 5.63. The van der Waals surface area contributed by atoms with Gasteiger partial charge in [0, 0.05) is 0 Å². The highest BCUT2D eigenvalue weighted by molar-refractivity contribution is 7.15. The Hall–Kier alpha value is -1.10. The Labute approximate surface area is 99.5 Å². The first-order valence-corrected chi connectivity index (χ1v) is 6.45. The van der Waals surface area contributed by atoms with Gasteiger partial charge in [-0.2, -0.15) is 0 Å². The maximum Gasteiger partial charge on any atom is 0.357 e. The number of anilines is 1. The fourth-order valence-corrected chi connectivity index (χ4v) is 2.38. The van der Waals surface area contributed by atoms with Crippen molar-refractivity contribution in [2.24, 2.45) is 0 Å². The van der Waals surface area contributed by atoms with Crippen LogP contribution in [0.15, 0.2) is 0 Å². The third-order valence-corrected chi connectivity index (χ3v) is 3.34. The van der Waals surface area contributed by atoms with Crippen LogP contribution in [0.3, 0.4) is 0 Å². The molecule has 0 radical (unpaired) electrons. The molecular formula is C11H18N2O2S. The van der Waals surface area contributed by atoms with Gasteiger partial charge >= 0.3 is 5.97 Å². The molecule has 90 valence electrons. The summed E-state index contributed by atoms with van der Waals surface area (Å²) >= 11 is 1.29. The number of thiazole rings is 1. The quantitative estimate of drug-likeness (QED) is 0.721. The Balaban J connectivity index is 2.37. The number of aromatic carboxylic acids is 1. The molecule has 5 heteroatoms. The summed E-state index contributed by atoms with van der Waals surface area (Å²) in [6.07, 6.45) is 6.81. The van der Waals surface area contributed by atoms with Crippen LogP contribution in [-0.4, -0.2) is 16.1 Å². The number of carboxylic acids is 1. The number of hydrogen-bond acceptors (Lipinski definition) is 4. The molecule has 0 bridgehead atoms. The van der Waals surface area contributed by atoms with Gasteiger partial charge in [-0.15, -0.1) is 11.3 Å². The minimum Gasteiger partial charge on any atom is -0.476 e. The molecule has 0 aliphatic heterocycles. The van der Waals surface area contributed by atoms with Gasteiger partial charge in [0.05, 0.1) is 5.01 Å². The fraction of sp³-hybridized carbons (Fsp3) is 0.636. The lowest BCUT2D eigenvalue weighted by Gasteiger charge is -1.97. The van der Waals surface area contributed by atoms with Gasteiger partial charge in [0.15, 0.2) is 5.69 Å². The third-order valence-electron chi connectivity index (χ3n) is 2.39. The van der Waals surface area contributed by atoms with Crippen LogP contribution < -0.4 is 5.73 Å². The van der Waals surface area contributed by atoms with Gasteiger partial charge in [0.2, 0.25) is 0 Å². The van der Waals surface area contributed by atoms with E-state index < -0.39 is 5.97 Å². The van der Waals surface area contributed by atoms with Gasteiger partial charge in [-0.1, -0.05) is 32.6 Å². The van der Waals surface area contributed by atoms with Crippen molar-refractivity contribution in [3.05, 3.63) is 10.7 Å². The van der Waals surface area contributed by atoms with Crippen molar-refractivity contribution >= 4 is 22.3 Å². The van der Waals surface area contributed by atoms with Crippen molar-refractivity contribution in [2.75, 3.05) is 5.73 Å². The summed E-state index contributed by atoms with van der Waals surface area (Å²) < 4.78 is 0. The number of carbonyl (C=O) groups is 1. The van der Waals surface area contributed by atoms with E-state index in [9.17, 15) is 4.79 Å². The molecule has 1 aromatic rings. The summed E-state index contributed by atoms with van der Waals surface area (Å²) in [5.74, 6) is -1.04. The van der Waals surface area contributed by atoms with Crippen molar-refractivity contribution < 1.29 is 9.90 Å². The average molecular weight is 242 g/mol. The molecule has 0 aromatic carbocycles. The normalized spacial score (nSPS) is 10.6. The molecule has 16 heavy (non-hydrogen) atoms. The van der Waals surface area contributed by atoms with E-state index in [4.69, 9.17) is 10.8 Å². The molecular weight excluding hydrogens is 224 g/mol. The van der Waals surface area contributed by atoms with E-state index in [2.05, 4.69) is 11.9 Å². The van der Waals surface area contributed by atoms with Gasteiger partial charge < -0.3 is 10.8 Å². The summed E-state index contributed by atoms with van der Waals surface area (Å²) in [5.41, 5.74) is 5.58. The van der Waals surface area contributed by atoms with E-state index in [0.29, 0.717) is 5.00 Å². The molecule has 3 N–H and O–H groups in total. The van der Waals surface area contributed by atoms with Crippen molar-refractivity contribution in [2.45, 2.75) is 45.4 Å². The van der Waals surface area contributed by atoms with Crippen LogP contribution in [0.5, 0.6) is 0 Å².